The first kappa shape index (κ1) is 14.4. The van der Waals surface area contributed by atoms with E-state index in [0.717, 1.165) is 31.7 Å². The molecule has 106 valence electrons. The Morgan fingerprint density at radius 2 is 2.16 bits per heavy atom. The van der Waals surface area contributed by atoms with Crippen LogP contribution < -0.4 is 10.1 Å². The molecular weight excluding hydrogens is 238 g/mol. The Morgan fingerprint density at radius 1 is 1.37 bits per heavy atom. The topological polar surface area (TPSA) is 30.5 Å². The maximum absolute atomic E-state index is 5.62. The highest BCUT2D eigenvalue weighted by Gasteiger charge is 2.15. The molecule has 1 N–H and O–H groups in total. The molecule has 0 spiro atoms. The zero-order valence-corrected chi connectivity index (χ0v) is 12.0. The zero-order valence-electron chi connectivity index (χ0n) is 12.0. The summed E-state index contributed by atoms with van der Waals surface area (Å²) in [5.74, 6) is 0.919. The van der Waals surface area contributed by atoms with Crippen molar-refractivity contribution in [3.63, 3.8) is 0 Å². The van der Waals surface area contributed by atoms with Crippen molar-refractivity contribution < 1.29 is 9.47 Å². The number of benzene rings is 1. The van der Waals surface area contributed by atoms with Crippen molar-refractivity contribution in [3.05, 3.63) is 29.8 Å². The van der Waals surface area contributed by atoms with E-state index in [2.05, 4.69) is 24.4 Å². The van der Waals surface area contributed by atoms with Crippen LogP contribution in [0.2, 0.25) is 0 Å². The Labute approximate surface area is 116 Å². The fourth-order valence-electron chi connectivity index (χ4n) is 2.55. The van der Waals surface area contributed by atoms with Crippen LogP contribution in [0, 0.1) is 0 Å². The number of hydrogen-bond donors (Lipinski definition) is 1. The molecule has 3 heteroatoms. The van der Waals surface area contributed by atoms with E-state index in [0.29, 0.717) is 12.1 Å². The molecule has 1 heterocycles. The standard InChI is InChI=1S/C16H25NO2/c1-13(17-10-9-16-4-3-11-19-16)12-14-5-7-15(18-2)8-6-14/h5-8,13,16-17H,3-4,9-12H2,1-2H3. The Morgan fingerprint density at radius 3 is 2.79 bits per heavy atom. The van der Waals surface area contributed by atoms with Gasteiger partial charge in [-0.25, -0.2) is 0 Å². The van der Waals surface area contributed by atoms with Crippen LogP contribution in [0.15, 0.2) is 24.3 Å². The maximum atomic E-state index is 5.62. The van der Waals surface area contributed by atoms with Gasteiger partial charge < -0.3 is 14.8 Å². The highest BCUT2D eigenvalue weighted by Crippen LogP contribution is 2.15. The molecule has 1 aromatic rings. The summed E-state index contributed by atoms with van der Waals surface area (Å²) in [6.45, 7) is 4.23. The fraction of sp³-hybridized carbons (Fsp3) is 0.625. The first-order chi connectivity index (χ1) is 9.28. The van der Waals surface area contributed by atoms with E-state index < -0.39 is 0 Å². The fourth-order valence-corrected chi connectivity index (χ4v) is 2.55. The summed E-state index contributed by atoms with van der Waals surface area (Å²) in [6, 6.07) is 8.81. The summed E-state index contributed by atoms with van der Waals surface area (Å²) in [6.07, 6.45) is 5.13. The minimum atomic E-state index is 0.487. The van der Waals surface area contributed by atoms with E-state index in [9.17, 15) is 0 Å². The Hall–Kier alpha value is -1.06. The van der Waals surface area contributed by atoms with Gasteiger partial charge >= 0.3 is 0 Å². The Bertz CT molecular complexity index is 358. The van der Waals surface area contributed by atoms with Gasteiger partial charge in [0.1, 0.15) is 5.75 Å². The van der Waals surface area contributed by atoms with Gasteiger partial charge in [-0.1, -0.05) is 12.1 Å². The molecule has 2 atom stereocenters. The number of methoxy groups -OCH3 is 1. The minimum absolute atomic E-state index is 0.487. The van der Waals surface area contributed by atoms with Crippen LogP contribution in [0.5, 0.6) is 5.75 Å². The monoisotopic (exact) mass is 263 g/mol. The lowest BCUT2D eigenvalue weighted by Gasteiger charge is -2.16. The van der Waals surface area contributed by atoms with E-state index in [1.807, 2.05) is 12.1 Å². The molecule has 3 nitrogen and oxygen atoms in total. The van der Waals surface area contributed by atoms with Gasteiger partial charge in [0.15, 0.2) is 0 Å². The molecule has 0 radical (unpaired) electrons. The molecule has 19 heavy (non-hydrogen) atoms. The van der Waals surface area contributed by atoms with Gasteiger partial charge in [0.25, 0.3) is 0 Å². The quantitative estimate of drug-likeness (QED) is 0.820. The van der Waals surface area contributed by atoms with Crippen LogP contribution in [0.1, 0.15) is 31.7 Å². The summed E-state index contributed by atoms with van der Waals surface area (Å²) in [5.41, 5.74) is 1.35. The molecule has 0 amide bonds. The third kappa shape index (κ3) is 4.84. The van der Waals surface area contributed by atoms with Crippen LogP contribution in [0.3, 0.4) is 0 Å². The molecular formula is C16H25NO2. The van der Waals surface area contributed by atoms with Crippen molar-refractivity contribution in [2.24, 2.45) is 0 Å². The molecule has 0 saturated carbocycles. The Balaban J connectivity index is 1.66. The van der Waals surface area contributed by atoms with E-state index in [-0.39, 0.29) is 0 Å². The second-order valence-electron chi connectivity index (χ2n) is 5.33. The lowest BCUT2D eigenvalue weighted by Crippen LogP contribution is -2.30. The molecule has 1 aliphatic heterocycles. The minimum Gasteiger partial charge on any atom is -0.497 e. The molecule has 1 aliphatic rings. The predicted octanol–water partition coefficient (Wildman–Crippen LogP) is 2.78. The van der Waals surface area contributed by atoms with Crippen LogP contribution in [-0.4, -0.2) is 32.4 Å². The maximum Gasteiger partial charge on any atom is 0.118 e. The molecule has 1 saturated heterocycles. The molecule has 2 unspecified atom stereocenters. The average molecular weight is 263 g/mol. The van der Waals surface area contributed by atoms with Crippen molar-refractivity contribution in [1.82, 2.24) is 5.32 Å². The lowest BCUT2D eigenvalue weighted by molar-refractivity contribution is 0.103. The summed E-state index contributed by atoms with van der Waals surface area (Å²) < 4.78 is 10.8. The molecule has 0 bridgehead atoms. The third-order valence-electron chi connectivity index (χ3n) is 3.68. The number of nitrogens with one attached hydrogen (secondary N) is 1. The van der Waals surface area contributed by atoms with Crippen LogP contribution >= 0.6 is 0 Å². The molecule has 2 rings (SSSR count). The van der Waals surface area contributed by atoms with Gasteiger partial charge in [-0.05, 0) is 56.8 Å². The van der Waals surface area contributed by atoms with Gasteiger partial charge in [-0.3, -0.25) is 0 Å². The van der Waals surface area contributed by atoms with Gasteiger partial charge in [0.2, 0.25) is 0 Å². The lowest BCUT2D eigenvalue weighted by atomic mass is 10.1. The van der Waals surface area contributed by atoms with Gasteiger partial charge in [0, 0.05) is 12.6 Å². The normalized spacial score (nSPS) is 20.4. The SMILES string of the molecule is COc1ccc(CC(C)NCCC2CCCO2)cc1. The first-order valence-electron chi connectivity index (χ1n) is 7.26. The molecule has 1 aromatic carbocycles. The van der Waals surface area contributed by atoms with E-state index in [1.54, 1.807) is 7.11 Å². The number of hydrogen-bond acceptors (Lipinski definition) is 3. The van der Waals surface area contributed by atoms with Crippen molar-refractivity contribution in [2.75, 3.05) is 20.3 Å². The zero-order chi connectivity index (χ0) is 13.5. The van der Waals surface area contributed by atoms with Gasteiger partial charge in [-0.2, -0.15) is 0 Å². The van der Waals surface area contributed by atoms with Crippen molar-refractivity contribution in [1.29, 1.82) is 0 Å². The van der Waals surface area contributed by atoms with Crippen molar-refractivity contribution >= 4 is 0 Å². The average Bonchev–Trinajstić information content (AvgIpc) is 2.93. The van der Waals surface area contributed by atoms with E-state index >= 15 is 0 Å². The first-order valence-corrected chi connectivity index (χ1v) is 7.26. The summed E-state index contributed by atoms with van der Waals surface area (Å²) in [7, 11) is 1.70. The summed E-state index contributed by atoms with van der Waals surface area (Å²) in [5, 5.41) is 3.58. The van der Waals surface area contributed by atoms with E-state index in [1.165, 1.54) is 18.4 Å². The van der Waals surface area contributed by atoms with Crippen molar-refractivity contribution in [3.8, 4) is 5.75 Å². The number of ether oxygens (including phenoxy) is 2. The van der Waals surface area contributed by atoms with Crippen LogP contribution in [0.4, 0.5) is 0 Å². The summed E-state index contributed by atoms with van der Waals surface area (Å²) in [4.78, 5) is 0. The molecule has 0 aliphatic carbocycles. The molecule has 1 fully saturated rings. The highest BCUT2D eigenvalue weighted by molar-refractivity contribution is 5.27. The predicted molar refractivity (Wildman–Crippen MR) is 77.8 cm³/mol. The molecule has 0 aromatic heterocycles. The second-order valence-corrected chi connectivity index (χ2v) is 5.33. The van der Waals surface area contributed by atoms with Crippen molar-refractivity contribution in [2.45, 2.75) is 44.8 Å². The Kier molecular flexibility index (Phi) is 5.67. The van der Waals surface area contributed by atoms with Gasteiger partial charge in [-0.15, -0.1) is 0 Å². The van der Waals surface area contributed by atoms with Crippen LogP contribution in [-0.2, 0) is 11.2 Å². The summed E-state index contributed by atoms with van der Waals surface area (Å²) >= 11 is 0. The largest absolute Gasteiger partial charge is 0.497 e. The highest BCUT2D eigenvalue weighted by atomic mass is 16.5. The number of rotatable bonds is 7. The van der Waals surface area contributed by atoms with Crippen LogP contribution in [0.25, 0.3) is 0 Å². The second kappa shape index (κ2) is 7.51. The smallest absolute Gasteiger partial charge is 0.118 e. The van der Waals surface area contributed by atoms with Gasteiger partial charge in [0.05, 0.1) is 13.2 Å². The van der Waals surface area contributed by atoms with E-state index in [4.69, 9.17) is 9.47 Å². The third-order valence-corrected chi connectivity index (χ3v) is 3.68.